The number of nitro groups is 1. The van der Waals surface area contributed by atoms with Crippen LogP contribution >= 0.6 is 0 Å². The number of β-lactam (4-membered cyclic amide) rings is 1. The number of anilines is 1. The molecular formula is C21H16N2O3. The molecule has 4 rings (SSSR count). The number of carbonyl (C=O) groups is 1. The Balaban J connectivity index is 1.80. The summed E-state index contributed by atoms with van der Waals surface area (Å²) >= 11 is 0. The summed E-state index contributed by atoms with van der Waals surface area (Å²) in [6, 6.07) is 25.2. The molecule has 0 saturated carbocycles. The number of hydrogen-bond acceptors (Lipinski definition) is 3. The van der Waals surface area contributed by atoms with Gasteiger partial charge in [-0.1, -0.05) is 60.7 Å². The highest BCUT2D eigenvalue weighted by Crippen LogP contribution is 2.49. The molecule has 0 spiro atoms. The predicted octanol–water partition coefficient (Wildman–Crippen LogP) is 4.47. The molecule has 128 valence electrons. The largest absolute Gasteiger partial charge is 0.303 e. The molecule has 3 aromatic carbocycles. The van der Waals surface area contributed by atoms with Crippen LogP contribution in [0.5, 0.6) is 0 Å². The number of amides is 1. The second kappa shape index (κ2) is 6.44. The van der Waals surface area contributed by atoms with Crippen molar-refractivity contribution in [2.75, 3.05) is 4.90 Å². The predicted molar refractivity (Wildman–Crippen MR) is 98.9 cm³/mol. The van der Waals surface area contributed by atoms with Crippen molar-refractivity contribution in [3.63, 3.8) is 0 Å². The van der Waals surface area contributed by atoms with E-state index >= 15 is 0 Å². The van der Waals surface area contributed by atoms with Crippen molar-refractivity contribution in [1.29, 1.82) is 0 Å². The van der Waals surface area contributed by atoms with Gasteiger partial charge >= 0.3 is 0 Å². The van der Waals surface area contributed by atoms with E-state index in [1.807, 2.05) is 66.7 Å². The zero-order chi connectivity index (χ0) is 18.1. The van der Waals surface area contributed by atoms with Gasteiger partial charge in [-0.15, -0.1) is 0 Å². The minimum absolute atomic E-state index is 0.00101. The molecule has 1 amide bonds. The van der Waals surface area contributed by atoms with E-state index in [2.05, 4.69) is 0 Å². The molecule has 0 aromatic heterocycles. The van der Waals surface area contributed by atoms with Gasteiger partial charge in [0.2, 0.25) is 5.91 Å². The normalized spacial score (nSPS) is 19.1. The average molecular weight is 344 g/mol. The van der Waals surface area contributed by atoms with Crippen LogP contribution in [-0.4, -0.2) is 10.8 Å². The molecule has 1 fully saturated rings. The molecule has 0 radical (unpaired) electrons. The minimum Gasteiger partial charge on any atom is -0.303 e. The summed E-state index contributed by atoms with van der Waals surface area (Å²) in [5, 5.41) is 11.2. The van der Waals surface area contributed by atoms with E-state index < -0.39 is 4.92 Å². The van der Waals surface area contributed by atoms with Gasteiger partial charge in [-0.3, -0.25) is 14.9 Å². The lowest BCUT2D eigenvalue weighted by Crippen LogP contribution is -2.53. The van der Waals surface area contributed by atoms with Crippen LogP contribution in [0.3, 0.4) is 0 Å². The number of nitro benzene ring substituents is 1. The van der Waals surface area contributed by atoms with Crippen molar-refractivity contribution in [2.45, 2.75) is 12.0 Å². The molecule has 0 aliphatic carbocycles. The van der Waals surface area contributed by atoms with Crippen molar-refractivity contribution in [2.24, 2.45) is 0 Å². The van der Waals surface area contributed by atoms with Gasteiger partial charge in [0.05, 0.1) is 16.9 Å². The third-order valence-electron chi connectivity index (χ3n) is 4.71. The van der Waals surface area contributed by atoms with E-state index in [1.165, 1.54) is 6.07 Å². The summed E-state index contributed by atoms with van der Waals surface area (Å²) in [7, 11) is 0. The fourth-order valence-electron chi connectivity index (χ4n) is 3.51. The van der Waals surface area contributed by atoms with Gasteiger partial charge in [-0.2, -0.15) is 0 Å². The molecular weight excluding hydrogens is 328 g/mol. The van der Waals surface area contributed by atoms with Crippen LogP contribution in [0.4, 0.5) is 11.4 Å². The monoisotopic (exact) mass is 344 g/mol. The number of benzene rings is 3. The maximum atomic E-state index is 13.0. The van der Waals surface area contributed by atoms with Gasteiger partial charge in [0, 0.05) is 17.8 Å². The molecule has 0 N–H and O–H groups in total. The summed E-state index contributed by atoms with van der Waals surface area (Å²) in [5.41, 5.74) is 2.50. The van der Waals surface area contributed by atoms with Crippen LogP contribution in [0.2, 0.25) is 0 Å². The number of nitrogens with zero attached hydrogens (tertiary/aromatic N) is 2. The lowest BCUT2D eigenvalue weighted by molar-refractivity contribution is -0.384. The number of non-ortho nitro benzene ring substituents is 1. The van der Waals surface area contributed by atoms with Gasteiger partial charge in [0.1, 0.15) is 0 Å². The first kappa shape index (κ1) is 16.0. The smallest absolute Gasteiger partial charge is 0.269 e. The number of hydrogen-bond donors (Lipinski definition) is 0. The highest BCUT2D eigenvalue weighted by molar-refractivity contribution is 6.06. The molecule has 3 aromatic rings. The molecule has 1 saturated heterocycles. The van der Waals surface area contributed by atoms with Crippen LogP contribution in [0.1, 0.15) is 23.1 Å². The molecule has 1 aliphatic heterocycles. The Morgan fingerprint density at radius 1 is 0.808 bits per heavy atom. The summed E-state index contributed by atoms with van der Waals surface area (Å²) < 4.78 is 0. The zero-order valence-electron chi connectivity index (χ0n) is 13.9. The maximum Gasteiger partial charge on any atom is 0.269 e. The highest BCUT2D eigenvalue weighted by atomic mass is 16.6. The van der Waals surface area contributed by atoms with Crippen molar-refractivity contribution >= 4 is 17.3 Å². The van der Waals surface area contributed by atoms with Gasteiger partial charge in [-0.05, 0) is 23.3 Å². The van der Waals surface area contributed by atoms with E-state index in [0.29, 0.717) is 0 Å². The highest BCUT2D eigenvalue weighted by Gasteiger charge is 2.49. The fourth-order valence-corrected chi connectivity index (χ4v) is 3.51. The summed E-state index contributed by atoms with van der Waals surface area (Å²) in [6.07, 6.45) is 0. The Labute approximate surface area is 150 Å². The van der Waals surface area contributed by atoms with Crippen molar-refractivity contribution in [3.05, 3.63) is 106 Å². The maximum absolute atomic E-state index is 13.0. The van der Waals surface area contributed by atoms with Crippen molar-refractivity contribution < 1.29 is 9.72 Å². The quantitative estimate of drug-likeness (QED) is 0.398. The first-order valence-corrected chi connectivity index (χ1v) is 8.34. The van der Waals surface area contributed by atoms with Crippen molar-refractivity contribution in [1.82, 2.24) is 0 Å². The summed E-state index contributed by atoms with van der Waals surface area (Å²) in [5.74, 6) is -0.350. The van der Waals surface area contributed by atoms with E-state index in [-0.39, 0.29) is 23.6 Å². The van der Waals surface area contributed by atoms with E-state index in [1.54, 1.807) is 17.0 Å². The summed E-state index contributed by atoms with van der Waals surface area (Å²) in [4.78, 5) is 25.4. The van der Waals surface area contributed by atoms with Crippen LogP contribution in [-0.2, 0) is 4.79 Å². The number of rotatable bonds is 4. The Bertz CT molecular complexity index is 908. The third-order valence-corrected chi connectivity index (χ3v) is 4.71. The van der Waals surface area contributed by atoms with Crippen LogP contribution in [0.25, 0.3) is 0 Å². The van der Waals surface area contributed by atoms with Crippen LogP contribution < -0.4 is 4.90 Å². The van der Waals surface area contributed by atoms with E-state index in [0.717, 1.165) is 16.8 Å². The first-order valence-electron chi connectivity index (χ1n) is 8.34. The fraction of sp³-hybridized carbons (Fsp3) is 0.0952. The standard InChI is InChI=1S/C21H16N2O3/c24-21-19(15-8-3-1-4-9-15)20(22(21)17-11-5-2-6-12-17)16-10-7-13-18(14-16)23(25)26/h1-14,19-20H/t19-,20-/m0/s1. The Morgan fingerprint density at radius 2 is 1.42 bits per heavy atom. The molecule has 0 bridgehead atoms. The molecule has 5 nitrogen and oxygen atoms in total. The molecule has 0 unspecified atom stereocenters. The van der Waals surface area contributed by atoms with E-state index in [4.69, 9.17) is 0 Å². The third kappa shape index (κ3) is 2.63. The number of carbonyl (C=O) groups excluding carboxylic acids is 1. The molecule has 26 heavy (non-hydrogen) atoms. The van der Waals surface area contributed by atoms with Crippen LogP contribution in [0, 0.1) is 10.1 Å². The lowest BCUT2D eigenvalue weighted by atomic mass is 9.77. The molecule has 5 heteroatoms. The minimum atomic E-state index is -0.408. The lowest BCUT2D eigenvalue weighted by Gasteiger charge is -2.47. The Hall–Kier alpha value is -3.47. The molecule has 1 aliphatic rings. The van der Waals surface area contributed by atoms with Crippen LogP contribution in [0.15, 0.2) is 84.9 Å². The molecule has 2 atom stereocenters. The summed E-state index contributed by atoms with van der Waals surface area (Å²) in [6.45, 7) is 0. The number of para-hydroxylation sites is 1. The first-order chi connectivity index (χ1) is 12.7. The van der Waals surface area contributed by atoms with Crippen molar-refractivity contribution in [3.8, 4) is 0 Å². The molecule has 1 heterocycles. The average Bonchev–Trinajstić information content (AvgIpc) is 2.68. The SMILES string of the molecule is O=C1[C@@H](c2ccccc2)[C@H](c2cccc([N+](=O)[O-])c2)N1c1ccccc1. The Kier molecular flexibility index (Phi) is 3.97. The van der Waals surface area contributed by atoms with Gasteiger partial charge in [-0.25, -0.2) is 0 Å². The van der Waals surface area contributed by atoms with Gasteiger partial charge in [0.25, 0.3) is 5.69 Å². The topological polar surface area (TPSA) is 63.4 Å². The second-order valence-electron chi connectivity index (χ2n) is 6.23. The van der Waals surface area contributed by atoms with E-state index in [9.17, 15) is 14.9 Å². The Morgan fingerprint density at radius 3 is 2.08 bits per heavy atom. The second-order valence-corrected chi connectivity index (χ2v) is 6.23. The van der Waals surface area contributed by atoms with Gasteiger partial charge in [0.15, 0.2) is 0 Å². The zero-order valence-corrected chi connectivity index (χ0v) is 13.9. The van der Waals surface area contributed by atoms with Gasteiger partial charge < -0.3 is 4.90 Å².